The van der Waals surface area contributed by atoms with Gasteiger partial charge in [-0.2, -0.15) is 0 Å². The molecule has 1 amide bonds. The molecule has 1 saturated heterocycles. The third kappa shape index (κ3) is 3.82. The molecule has 1 fully saturated rings. The zero-order valence-electron chi connectivity index (χ0n) is 12.9. The zero-order chi connectivity index (χ0) is 14.8. The van der Waals surface area contributed by atoms with Crippen LogP contribution in [0.15, 0.2) is 10.8 Å². The van der Waals surface area contributed by atoms with E-state index in [4.69, 9.17) is 4.42 Å². The summed E-state index contributed by atoms with van der Waals surface area (Å²) in [5, 5.41) is 3.15. The first-order chi connectivity index (χ1) is 9.36. The molecule has 0 aliphatic carbocycles. The second kappa shape index (κ2) is 5.95. The smallest absolute Gasteiger partial charge is 0.225 e. The molecule has 0 unspecified atom stereocenters. The predicted molar refractivity (Wildman–Crippen MR) is 77.1 cm³/mol. The second-order valence-electron chi connectivity index (χ2n) is 6.63. The van der Waals surface area contributed by atoms with Gasteiger partial charge in [-0.3, -0.25) is 9.69 Å². The zero-order valence-corrected chi connectivity index (χ0v) is 12.9. The van der Waals surface area contributed by atoms with Crippen LogP contribution in [0.5, 0.6) is 0 Å². The molecule has 0 radical (unpaired) electrons. The largest absolute Gasteiger partial charge is 0.448 e. The third-order valence-corrected chi connectivity index (χ3v) is 3.82. The lowest BCUT2D eigenvalue weighted by Crippen LogP contribution is -2.47. The number of hydrogen-bond acceptors (Lipinski definition) is 4. The number of rotatable bonds is 3. The number of hydrogen-bond donors (Lipinski definition) is 1. The predicted octanol–water partition coefficient (Wildman–Crippen LogP) is 2.11. The average molecular weight is 279 g/mol. The highest BCUT2D eigenvalue weighted by Crippen LogP contribution is 2.18. The molecule has 1 aromatic rings. The standard InChI is InChI=1S/C15H25N3O2/c1-11-13(16-10-20-11)9-18-7-5-12(6-8-18)17-14(19)15(2,3)4/h10,12H,5-9H2,1-4H3,(H,17,19). The normalized spacial score (nSPS) is 18.2. The van der Waals surface area contributed by atoms with Crippen LogP contribution in [0.2, 0.25) is 0 Å². The van der Waals surface area contributed by atoms with Crippen LogP contribution < -0.4 is 5.32 Å². The summed E-state index contributed by atoms with van der Waals surface area (Å²) in [5.41, 5.74) is 0.705. The highest BCUT2D eigenvalue weighted by Gasteiger charge is 2.26. The van der Waals surface area contributed by atoms with E-state index in [9.17, 15) is 4.79 Å². The van der Waals surface area contributed by atoms with Crippen LogP contribution >= 0.6 is 0 Å². The first kappa shape index (κ1) is 15.0. The number of carbonyl (C=O) groups is 1. The monoisotopic (exact) mass is 279 g/mol. The van der Waals surface area contributed by atoms with Gasteiger partial charge >= 0.3 is 0 Å². The third-order valence-electron chi connectivity index (χ3n) is 3.82. The minimum atomic E-state index is -0.311. The Morgan fingerprint density at radius 3 is 2.60 bits per heavy atom. The van der Waals surface area contributed by atoms with Crippen molar-refractivity contribution in [2.24, 2.45) is 5.41 Å². The molecule has 1 aliphatic rings. The van der Waals surface area contributed by atoms with Gasteiger partial charge in [-0.15, -0.1) is 0 Å². The molecular weight excluding hydrogens is 254 g/mol. The summed E-state index contributed by atoms with van der Waals surface area (Å²) in [6.45, 7) is 10.6. The number of nitrogens with one attached hydrogen (secondary N) is 1. The summed E-state index contributed by atoms with van der Waals surface area (Å²) in [5.74, 6) is 1.04. The van der Waals surface area contributed by atoms with E-state index < -0.39 is 0 Å². The lowest BCUT2D eigenvalue weighted by Gasteiger charge is -2.33. The molecular formula is C15H25N3O2. The molecule has 112 valence electrons. The summed E-state index contributed by atoms with van der Waals surface area (Å²) < 4.78 is 5.22. The summed E-state index contributed by atoms with van der Waals surface area (Å²) in [6.07, 6.45) is 3.50. The highest BCUT2D eigenvalue weighted by atomic mass is 16.3. The number of aryl methyl sites for hydroxylation is 1. The topological polar surface area (TPSA) is 58.4 Å². The quantitative estimate of drug-likeness (QED) is 0.920. The first-order valence-electron chi connectivity index (χ1n) is 7.28. The van der Waals surface area contributed by atoms with Crippen molar-refractivity contribution in [2.45, 2.75) is 53.1 Å². The molecule has 0 atom stereocenters. The number of carbonyl (C=O) groups excluding carboxylic acids is 1. The van der Waals surface area contributed by atoms with Gasteiger partial charge in [0.05, 0.1) is 5.69 Å². The summed E-state index contributed by atoms with van der Waals surface area (Å²) in [4.78, 5) is 18.6. The molecule has 1 N–H and O–H groups in total. The van der Waals surface area contributed by atoms with Crippen LogP contribution in [0.25, 0.3) is 0 Å². The van der Waals surface area contributed by atoms with Crippen molar-refractivity contribution in [3.63, 3.8) is 0 Å². The van der Waals surface area contributed by atoms with E-state index in [2.05, 4.69) is 15.2 Å². The van der Waals surface area contributed by atoms with Crippen molar-refractivity contribution in [1.82, 2.24) is 15.2 Å². The van der Waals surface area contributed by atoms with Crippen molar-refractivity contribution in [2.75, 3.05) is 13.1 Å². The minimum Gasteiger partial charge on any atom is -0.448 e. The number of nitrogens with zero attached hydrogens (tertiary/aromatic N) is 2. The molecule has 2 rings (SSSR count). The van der Waals surface area contributed by atoms with Gasteiger partial charge in [-0.05, 0) is 19.8 Å². The van der Waals surface area contributed by atoms with Gasteiger partial charge in [0.25, 0.3) is 0 Å². The maximum atomic E-state index is 12.0. The lowest BCUT2D eigenvalue weighted by atomic mass is 9.94. The van der Waals surface area contributed by atoms with Crippen LogP contribution in [-0.2, 0) is 11.3 Å². The second-order valence-corrected chi connectivity index (χ2v) is 6.63. The number of oxazole rings is 1. The average Bonchev–Trinajstić information content (AvgIpc) is 2.76. The van der Waals surface area contributed by atoms with Crippen molar-refractivity contribution >= 4 is 5.91 Å². The Morgan fingerprint density at radius 2 is 2.10 bits per heavy atom. The van der Waals surface area contributed by atoms with Crippen LogP contribution in [0.1, 0.15) is 45.1 Å². The lowest BCUT2D eigenvalue weighted by molar-refractivity contribution is -0.129. The van der Waals surface area contributed by atoms with E-state index in [0.717, 1.165) is 43.9 Å². The fraction of sp³-hybridized carbons (Fsp3) is 0.733. The van der Waals surface area contributed by atoms with E-state index in [-0.39, 0.29) is 11.3 Å². The highest BCUT2D eigenvalue weighted by molar-refractivity contribution is 5.81. The molecule has 5 nitrogen and oxygen atoms in total. The van der Waals surface area contributed by atoms with E-state index in [1.54, 1.807) is 0 Å². The number of amides is 1. The van der Waals surface area contributed by atoms with Crippen LogP contribution in [0.3, 0.4) is 0 Å². The van der Waals surface area contributed by atoms with E-state index in [1.807, 2.05) is 27.7 Å². The molecule has 2 heterocycles. The fourth-order valence-electron chi connectivity index (χ4n) is 2.33. The van der Waals surface area contributed by atoms with Gasteiger partial charge in [-0.25, -0.2) is 4.98 Å². The van der Waals surface area contributed by atoms with Gasteiger partial charge in [0.15, 0.2) is 6.39 Å². The van der Waals surface area contributed by atoms with Gasteiger partial charge in [-0.1, -0.05) is 20.8 Å². The Bertz CT molecular complexity index is 454. The van der Waals surface area contributed by atoms with Crippen molar-refractivity contribution in [3.8, 4) is 0 Å². The van der Waals surface area contributed by atoms with Crippen LogP contribution in [-0.4, -0.2) is 34.9 Å². The van der Waals surface area contributed by atoms with Crippen molar-refractivity contribution < 1.29 is 9.21 Å². The molecule has 20 heavy (non-hydrogen) atoms. The number of aromatic nitrogens is 1. The van der Waals surface area contributed by atoms with E-state index >= 15 is 0 Å². The summed E-state index contributed by atoms with van der Waals surface area (Å²) >= 11 is 0. The van der Waals surface area contributed by atoms with Gasteiger partial charge in [0.2, 0.25) is 5.91 Å². The Hall–Kier alpha value is -1.36. The molecule has 0 spiro atoms. The Labute approximate surface area is 120 Å². The molecule has 1 aromatic heterocycles. The fourth-order valence-corrected chi connectivity index (χ4v) is 2.33. The summed E-state index contributed by atoms with van der Waals surface area (Å²) in [6, 6.07) is 0.302. The molecule has 5 heteroatoms. The SMILES string of the molecule is Cc1ocnc1CN1CCC(NC(=O)C(C)(C)C)CC1. The Kier molecular flexibility index (Phi) is 4.48. The van der Waals surface area contributed by atoms with Crippen molar-refractivity contribution in [3.05, 3.63) is 17.8 Å². The van der Waals surface area contributed by atoms with Gasteiger partial charge in [0, 0.05) is 31.1 Å². The maximum Gasteiger partial charge on any atom is 0.225 e. The van der Waals surface area contributed by atoms with E-state index in [1.165, 1.54) is 6.39 Å². The maximum absolute atomic E-state index is 12.0. The van der Waals surface area contributed by atoms with Gasteiger partial charge < -0.3 is 9.73 Å². The Morgan fingerprint density at radius 1 is 1.45 bits per heavy atom. The number of likely N-dealkylation sites (tertiary alicyclic amines) is 1. The molecule has 0 bridgehead atoms. The van der Waals surface area contributed by atoms with Gasteiger partial charge in [0.1, 0.15) is 5.76 Å². The van der Waals surface area contributed by atoms with Crippen molar-refractivity contribution in [1.29, 1.82) is 0 Å². The molecule has 0 aromatic carbocycles. The first-order valence-corrected chi connectivity index (χ1v) is 7.28. The van der Waals surface area contributed by atoms with E-state index in [0.29, 0.717) is 6.04 Å². The number of piperidine rings is 1. The minimum absolute atomic E-state index is 0.142. The molecule has 1 aliphatic heterocycles. The van der Waals surface area contributed by atoms with Crippen LogP contribution in [0.4, 0.5) is 0 Å². The Balaban J connectivity index is 1.78. The molecule has 0 saturated carbocycles. The summed E-state index contributed by atoms with van der Waals surface area (Å²) in [7, 11) is 0. The van der Waals surface area contributed by atoms with Crippen LogP contribution in [0, 0.1) is 12.3 Å².